The Morgan fingerprint density at radius 3 is 2.11 bits per heavy atom. The van der Waals surface area contributed by atoms with Gasteiger partial charge in [-0.25, -0.2) is 9.59 Å². The average Bonchev–Trinajstić information content (AvgIpc) is 2.23. The van der Waals surface area contributed by atoms with E-state index in [-0.39, 0.29) is 5.92 Å². The van der Waals surface area contributed by atoms with Gasteiger partial charge in [0, 0.05) is 15.7 Å². The molecule has 0 spiro atoms. The van der Waals surface area contributed by atoms with Gasteiger partial charge in [-0.15, -0.1) is 0 Å². The first-order chi connectivity index (χ1) is 8.79. The second-order valence-electron chi connectivity index (χ2n) is 4.32. The van der Waals surface area contributed by atoms with Crippen LogP contribution >= 0.6 is 23.2 Å². The fraction of sp³-hybridized carbons (Fsp3) is 0.333. The van der Waals surface area contributed by atoms with E-state index in [1.54, 1.807) is 13.8 Å². The first kappa shape index (κ1) is 15.6. The fourth-order valence-corrected chi connectivity index (χ4v) is 1.97. The smallest absolute Gasteiger partial charge is 0.326 e. The van der Waals surface area contributed by atoms with Crippen LogP contribution in [0.1, 0.15) is 13.8 Å². The maximum absolute atomic E-state index is 11.7. The number of urea groups is 1. The number of benzene rings is 1. The van der Waals surface area contributed by atoms with Crippen molar-refractivity contribution in [1.29, 1.82) is 0 Å². The van der Waals surface area contributed by atoms with E-state index in [1.807, 2.05) is 0 Å². The lowest BCUT2D eigenvalue weighted by Gasteiger charge is -2.18. The molecular formula is C12H14Cl2N2O3. The van der Waals surface area contributed by atoms with Crippen molar-refractivity contribution in [3.63, 3.8) is 0 Å². The first-order valence-corrected chi connectivity index (χ1v) is 6.31. The van der Waals surface area contributed by atoms with Crippen LogP contribution in [0.3, 0.4) is 0 Å². The quantitative estimate of drug-likeness (QED) is 0.799. The van der Waals surface area contributed by atoms with E-state index in [9.17, 15) is 9.59 Å². The van der Waals surface area contributed by atoms with Crippen LogP contribution in [0.15, 0.2) is 18.2 Å². The summed E-state index contributed by atoms with van der Waals surface area (Å²) in [5.74, 6) is -1.32. The van der Waals surface area contributed by atoms with Gasteiger partial charge in [0.05, 0.1) is 0 Å². The number of nitrogens with one attached hydrogen (secondary N) is 2. The van der Waals surface area contributed by atoms with Gasteiger partial charge in [0.25, 0.3) is 0 Å². The van der Waals surface area contributed by atoms with E-state index < -0.39 is 18.0 Å². The summed E-state index contributed by atoms with van der Waals surface area (Å²) in [6.07, 6.45) is 0. The summed E-state index contributed by atoms with van der Waals surface area (Å²) >= 11 is 11.6. The Hall–Kier alpha value is -1.46. The van der Waals surface area contributed by atoms with E-state index in [2.05, 4.69) is 10.6 Å². The molecule has 1 rings (SSSR count). The Bertz CT molecular complexity index is 472. The summed E-state index contributed by atoms with van der Waals surface area (Å²) in [6.45, 7) is 3.41. The molecule has 7 heteroatoms. The van der Waals surface area contributed by atoms with Crippen LogP contribution in [-0.4, -0.2) is 23.1 Å². The van der Waals surface area contributed by atoms with Crippen molar-refractivity contribution < 1.29 is 14.7 Å². The number of rotatable bonds is 4. The molecule has 0 aromatic heterocycles. The van der Waals surface area contributed by atoms with Crippen molar-refractivity contribution in [2.45, 2.75) is 19.9 Å². The van der Waals surface area contributed by atoms with E-state index in [0.29, 0.717) is 15.7 Å². The second-order valence-corrected chi connectivity index (χ2v) is 5.19. The topological polar surface area (TPSA) is 78.4 Å². The van der Waals surface area contributed by atoms with Crippen molar-refractivity contribution >= 4 is 40.9 Å². The van der Waals surface area contributed by atoms with Crippen LogP contribution in [0, 0.1) is 5.92 Å². The Balaban J connectivity index is 2.71. The summed E-state index contributed by atoms with van der Waals surface area (Å²) in [6, 6.07) is 2.96. The van der Waals surface area contributed by atoms with E-state index in [4.69, 9.17) is 28.3 Å². The highest BCUT2D eigenvalue weighted by molar-refractivity contribution is 6.35. The highest BCUT2D eigenvalue weighted by atomic mass is 35.5. The zero-order valence-electron chi connectivity index (χ0n) is 10.4. The van der Waals surface area contributed by atoms with Crippen LogP contribution in [-0.2, 0) is 4.79 Å². The van der Waals surface area contributed by atoms with Crippen molar-refractivity contribution in [2.24, 2.45) is 5.92 Å². The molecule has 0 bridgehead atoms. The maximum atomic E-state index is 11.7. The van der Waals surface area contributed by atoms with Gasteiger partial charge in [-0.1, -0.05) is 37.0 Å². The predicted molar refractivity (Wildman–Crippen MR) is 74.9 cm³/mol. The van der Waals surface area contributed by atoms with Gasteiger partial charge < -0.3 is 15.7 Å². The van der Waals surface area contributed by atoms with Gasteiger partial charge in [-0.2, -0.15) is 0 Å². The minimum absolute atomic E-state index is 0.230. The monoisotopic (exact) mass is 304 g/mol. The van der Waals surface area contributed by atoms with E-state index in [0.717, 1.165) is 0 Å². The second kappa shape index (κ2) is 6.63. The highest BCUT2D eigenvalue weighted by Crippen LogP contribution is 2.22. The summed E-state index contributed by atoms with van der Waals surface area (Å²) in [5, 5.41) is 14.6. The molecule has 0 radical (unpaired) electrons. The Morgan fingerprint density at radius 2 is 1.68 bits per heavy atom. The lowest BCUT2D eigenvalue weighted by Crippen LogP contribution is -2.46. The molecule has 2 amide bonds. The standard InChI is InChI=1S/C12H14Cl2N2O3/c1-6(2)10(11(17)18)16-12(19)15-9-4-7(13)3-8(14)5-9/h3-6,10H,1-2H3,(H,17,18)(H2,15,16,19). The van der Waals surface area contributed by atoms with Gasteiger partial charge >= 0.3 is 12.0 Å². The molecule has 1 atom stereocenters. The third kappa shape index (κ3) is 4.96. The minimum Gasteiger partial charge on any atom is -0.480 e. The van der Waals surface area contributed by atoms with Crippen LogP contribution < -0.4 is 10.6 Å². The Morgan fingerprint density at radius 1 is 1.16 bits per heavy atom. The summed E-state index contributed by atoms with van der Waals surface area (Å²) in [4.78, 5) is 22.6. The average molecular weight is 305 g/mol. The predicted octanol–water partition coefficient (Wildman–Crippen LogP) is 3.22. The van der Waals surface area contributed by atoms with Crippen molar-refractivity contribution in [3.05, 3.63) is 28.2 Å². The number of hydrogen-bond acceptors (Lipinski definition) is 2. The molecule has 0 saturated carbocycles. The van der Waals surface area contributed by atoms with Gasteiger partial charge in [0.1, 0.15) is 6.04 Å². The van der Waals surface area contributed by atoms with E-state index in [1.165, 1.54) is 18.2 Å². The number of hydrogen-bond donors (Lipinski definition) is 3. The molecule has 1 aromatic carbocycles. The molecule has 1 unspecified atom stereocenters. The zero-order valence-corrected chi connectivity index (χ0v) is 11.9. The third-order valence-corrected chi connectivity index (χ3v) is 2.78. The normalized spacial score (nSPS) is 12.1. The number of carboxylic acids is 1. The molecule has 0 aliphatic rings. The molecule has 3 N–H and O–H groups in total. The Labute approximate surface area is 120 Å². The molecule has 0 aliphatic heterocycles. The van der Waals surface area contributed by atoms with E-state index >= 15 is 0 Å². The third-order valence-electron chi connectivity index (χ3n) is 2.34. The molecule has 0 heterocycles. The summed E-state index contributed by atoms with van der Waals surface area (Å²) in [7, 11) is 0. The fourth-order valence-electron chi connectivity index (χ4n) is 1.45. The van der Waals surface area contributed by atoms with Crippen LogP contribution in [0.2, 0.25) is 10.0 Å². The van der Waals surface area contributed by atoms with Crippen LogP contribution in [0.4, 0.5) is 10.5 Å². The summed E-state index contributed by atoms with van der Waals surface area (Å²) < 4.78 is 0. The largest absolute Gasteiger partial charge is 0.480 e. The van der Waals surface area contributed by atoms with Gasteiger partial charge in [-0.05, 0) is 24.1 Å². The number of amides is 2. The van der Waals surface area contributed by atoms with Crippen molar-refractivity contribution in [1.82, 2.24) is 5.32 Å². The van der Waals surface area contributed by atoms with Crippen molar-refractivity contribution in [2.75, 3.05) is 5.32 Å². The van der Waals surface area contributed by atoms with Crippen LogP contribution in [0.5, 0.6) is 0 Å². The van der Waals surface area contributed by atoms with Crippen LogP contribution in [0.25, 0.3) is 0 Å². The van der Waals surface area contributed by atoms with Crippen molar-refractivity contribution in [3.8, 4) is 0 Å². The number of aliphatic carboxylic acids is 1. The molecule has 19 heavy (non-hydrogen) atoms. The molecule has 0 saturated heterocycles. The number of anilines is 1. The number of carboxylic acid groups (broad SMARTS) is 1. The zero-order chi connectivity index (χ0) is 14.6. The lowest BCUT2D eigenvalue weighted by molar-refractivity contribution is -0.140. The molecule has 104 valence electrons. The molecule has 5 nitrogen and oxygen atoms in total. The first-order valence-electron chi connectivity index (χ1n) is 5.56. The van der Waals surface area contributed by atoms with Gasteiger partial charge in [0.15, 0.2) is 0 Å². The highest BCUT2D eigenvalue weighted by Gasteiger charge is 2.23. The number of halogens is 2. The number of carbonyl (C=O) groups excluding carboxylic acids is 1. The van der Waals surface area contributed by atoms with Gasteiger partial charge in [-0.3, -0.25) is 0 Å². The number of carbonyl (C=O) groups is 2. The molecule has 0 aliphatic carbocycles. The Kier molecular flexibility index (Phi) is 5.44. The molecule has 1 aromatic rings. The maximum Gasteiger partial charge on any atom is 0.326 e. The minimum atomic E-state index is -1.09. The molecule has 0 fully saturated rings. The summed E-state index contributed by atoms with van der Waals surface area (Å²) in [5.41, 5.74) is 0.392. The molecular weight excluding hydrogens is 291 g/mol. The lowest BCUT2D eigenvalue weighted by atomic mass is 10.1. The van der Waals surface area contributed by atoms with Gasteiger partial charge in [0.2, 0.25) is 0 Å². The SMILES string of the molecule is CC(C)C(NC(=O)Nc1cc(Cl)cc(Cl)c1)C(=O)O.